The highest BCUT2D eigenvalue weighted by molar-refractivity contribution is 5.87. The van der Waals surface area contributed by atoms with E-state index in [0.29, 0.717) is 25.8 Å². The van der Waals surface area contributed by atoms with Crippen LogP contribution in [0.3, 0.4) is 0 Å². The Morgan fingerprint density at radius 3 is 2.73 bits per heavy atom. The summed E-state index contributed by atoms with van der Waals surface area (Å²) < 4.78 is 8.54. The Balaban J connectivity index is 1.67. The van der Waals surface area contributed by atoms with Crippen molar-refractivity contribution in [1.29, 1.82) is 0 Å². The molecule has 1 aromatic heterocycles. The average molecular weight is 454 g/mol. The fourth-order valence-electron chi connectivity index (χ4n) is 4.22. The van der Waals surface area contributed by atoms with Gasteiger partial charge in [-0.1, -0.05) is 24.3 Å². The van der Waals surface area contributed by atoms with Crippen LogP contribution in [-0.2, 0) is 21.4 Å². The van der Waals surface area contributed by atoms with Crippen LogP contribution in [0.5, 0.6) is 0 Å². The molecule has 2 aromatic rings. The lowest BCUT2D eigenvalue weighted by molar-refractivity contribution is -0.154. The number of nitrogens with zero attached hydrogens (tertiary/aromatic N) is 2. The second-order valence-electron chi connectivity index (χ2n) is 9.64. The number of carbonyl (C=O) groups excluding carboxylic acids is 2. The van der Waals surface area contributed by atoms with Crippen LogP contribution >= 0.6 is 0 Å². The fraction of sp³-hybridized carbons (Fsp3) is 0.577. The Labute approximate surface area is 195 Å². The highest BCUT2D eigenvalue weighted by Gasteiger charge is 2.27. The molecule has 3 rings (SSSR count). The summed E-state index contributed by atoms with van der Waals surface area (Å²) in [7, 11) is 1.73. The van der Waals surface area contributed by atoms with E-state index in [1.54, 1.807) is 16.2 Å². The molecule has 0 saturated carbocycles. The van der Waals surface area contributed by atoms with Gasteiger partial charge in [-0.25, -0.2) is 4.79 Å². The standard InChI is InChI=1S/C26H35N3O4/c1-26(2,3)33-22(30)17-9-7-5-6-8-13-19-14-12-16-20-23(19)28(4)25(32)29(20)21-15-10-11-18-27-24(21)31/h12,14,16,21H,5-7,9-11,15,17-18H2,1-4H3,(H,27,31). The van der Waals surface area contributed by atoms with E-state index in [4.69, 9.17) is 4.74 Å². The van der Waals surface area contributed by atoms with Crippen LogP contribution in [0.4, 0.5) is 0 Å². The first-order valence-electron chi connectivity index (χ1n) is 11.9. The van der Waals surface area contributed by atoms with Crippen LogP contribution < -0.4 is 11.0 Å². The number of carbonyl (C=O) groups is 2. The summed E-state index contributed by atoms with van der Waals surface area (Å²) in [5.41, 5.74) is 1.66. The van der Waals surface area contributed by atoms with E-state index >= 15 is 0 Å². The van der Waals surface area contributed by atoms with Gasteiger partial charge in [-0.2, -0.15) is 0 Å². The summed E-state index contributed by atoms with van der Waals surface area (Å²) in [6.45, 7) is 6.27. The third kappa shape index (κ3) is 6.28. The number of hydrogen-bond donors (Lipinski definition) is 1. The second-order valence-corrected chi connectivity index (χ2v) is 9.64. The number of aromatic nitrogens is 2. The molecule has 178 valence electrons. The zero-order chi connectivity index (χ0) is 24.0. The van der Waals surface area contributed by atoms with Crippen molar-refractivity contribution in [3.63, 3.8) is 0 Å². The normalized spacial score (nSPS) is 16.6. The Morgan fingerprint density at radius 2 is 1.97 bits per heavy atom. The first-order valence-corrected chi connectivity index (χ1v) is 11.9. The zero-order valence-corrected chi connectivity index (χ0v) is 20.2. The summed E-state index contributed by atoms with van der Waals surface area (Å²) >= 11 is 0. The predicted octanol–water partition coefficient (Wildman–Crippen LogP) is 3.82. The minimum absolute atomic E-state index is 0.0926. The molecule has 1 N–H and O–H groups in total. The second kappa shape index (κ2) is 10.7. The van der Waals surface area contributed by atoms with E-state index in [1.807, 2.05) is 39.0 Å². The molecule has 7 nitrogen and oxygen atoms in total. The first kappa shape index (κ1) is 24.6. The summed E-state index contributed by atoms with van der Waals surface area (Å²) in [5, 5.41) is 2.92. The Kier molecular flexibility index (Phi) is 8.01. The quantitative estimate of drug-likeness (QED) is 0.409. The van der Waals surface area contributed by atoms with Gasteiger partial charge in [0.2, 0.25) is 5.91 Å². The number of fused-ring (bicyclic) bond motifs is 1. The van der Waals surface area contributed by atoms with Crippen LogP contribution in [0.1, 0.15) is 83.7 Å². The molecule has 1 aliphatic heterocycles. The fourth-order valence-corrected chi connectivity index (χ4v) is 4.22. The molecular formula is C26H35N3O4. The monoisotopic (exact) mass is 453 g/mol. The third-order valence-corrected chi connectivity index (χ3v) is 5.75. The molecule has 0 aliphatic carbocycles. The Hall–Kier alpha value is -3.01. The van der Waals surface area contributed by atoms with Crippen molar-refractivity contribution in [2.45, 2.75) is 83.8 Å². The number of rotatable bonds is 6. The number of aryl methyl sites for hydroxylation is 1. The predicted molar refractivity (Wildman–Crippen MR) is 129 cm³/mol. The summed E-state index contributed by atoms with van der Waals surface area (Å²) in [6, 6.07) is 5.19. The Bertz CT molecular complexity index is 1120. The zero-order valence-electron chi connectivity index (χ0n) is 20.2. The van der Waals surface area contributed by atoms with E-state index in [2.05, 4.69) is 17.2 Å². The van der Waals surface area contributed by atoms with Crippen molar-refractivity contribution < 1.29 is 14.3 Å². The van der Waals surface area contributed by atoms with Crippen molar-refractivity contribution in [2.24, 2.45) is 7.05 Å². The van der Waals surface area contributed by atoms with Gasteiger partial charge < -0.3 is 10.1 Å². The van der Waals surface area contributed by atoms with E-state index in [9.17, 15) is 14.4 Å². The molecule has 1 atom stereocenters. The molecule has 1 unspecified atom stereocenters. The van der Waals surface area contributed by atoms with Crippen molar-refractivity contribution >= 4 is 22.9 Å². The number of ether oxygens (including phenoxy) is 1. The number of hydrogen-bond acceptors (Lipinski definition) is 4. The van der Waals surface area contributed by atoms with Gasteiger partial charge in [-0.05, 0) is 65.0 Å². The highest BCUT2D eigenvalue weighted by Crippen LogP contribution is 2.24. The number of esters is 1. The summed E-state index contributed by atoms with van der Waals surface area (Å²) in [5.74, 6) is 6.16. The SMILES string of the molecule is Cn1c(=O)n(C2CCCCNC2=O)c2cccc(C#CCCCCCC(=O)OC(C)(C)C)c21. The molecule has 0 spiro atoms. The van der Waals surface area contributed by atoms with Gasteiger partial charge in [0.15, 0.2) is 0 Å². The van der Waals surface area contributed by atoms with Gasteiger partial charge >= 0.3 is 11.7 Å². The number of unbranched alkanes of at least 4 members (excludes halogenated alkanes) is 3. The molecule has 2 heterocycles. The summed E-state index contributed by atoms with van der Waals surface area (Å²) in [6.07, 6.45) is 6.21. The van der Waals surface area contributed by atoms with Crippen molar-refractivity contribution in [1.82, 2.24) is 14.5 Å². The molecular weight excluding hydrogens is 418 g/mol. The Morgan fingerprint density at radius 1 is 1.18 bits per heavy atom. The smallest absolute Gasteiger partial charge is 0.329 e. The van der Waals surface area contributed by atoms with Crippen LogP contribution in [0, 0.1) is 11.8 Å². The molecule has 1 amide bonds. The maximum Gasteiger partial charge on any atom is 0.329 e. The maximum atomic E-state index is 13.0. The van der Waals surface area contributed by atoms with Gasteiger partial charge in [-0.15, -0.1) is 0 Å². The van der Waals surface area contributed by atoms with Gasteiger partial charge in [0.05, 0.1) is 16.6 Å². The van der Waals surface area contributed by atoms with Crippen LogP contribution in [0.15, 0.2) is 23.0 Å². The van der Waals surface area contributed by atoms with Crippen molar-refractivity contribution in [3.8, 4) is 11.8 Å². The van der Waals surface area contributed by atoms with E-state index in [0.717, 1.165) is 48.7 Å². The molecule has 7 heteroatoms. The lowest BCUT2D eigenvalue weighted by atomic mass is 10.1. The van der Waals surface area contributed by atoms with E-state index < -0.39 is 11.6 Å². The third-order valence-electron chi connectivity index (χ3n) is 5.75. The molecule has 1 aromatic carbocycles. The van der Waals surface area contributed by atoms with Gasteiger partial charge in [0.1, 0.15) is 11.6 Å². The first-order chi connectivity index (χ1) is 15.7. The summed E-state index contributed by atoms with van der Waals surface area (Å²) in [4.78, 5) is 37.4. The largest absolute Gasteiger partial charge is 0.460 e. The van der Waals surface area contributed by atoms with E-state index in [-0.39, 0.29) is 17.6 Å². The molecule has 1 aliphatic rings. The number of imidazole rings is 1. The van der Waals surface area contributed by atoms with Crippen molar-refractivity contribution in [2.75, 3.05) is 6.54 Å². The minimum atomic E-state index is -0.489. The van der Waals surface area contributed by atoms with Crippen molar-refractivity contribution in [3.05, 3.63) is 34.2 Å². The molecule has 0 radical (unpaired) electrons. The molecule has 1 fully saturated rings. The number of amides is 1. The maximum absolute atomic E-state index is 13.0. The van der Waals surface area contributed by atoms with Crippen LogP contribution in [-0.4, -0.2) is 33.2 Å². The highest BCUT2D eigenvalue weighted by atomic mass is 16.6. The number of benzene rings is 1. The van der Waals surface area contributed by atoms with Gasteiger partial charge in [0.25, 0.3) is 0 Å². The molecule has 1 saturated heterocycles. The van der Waals surface area contributed by atoms with Crippen LogP contribution in [0.25, 0.3) is 11.0 Å². The molecule has 0 bridgehead atoms. The topological polar surface area (TPSA) is 82.3 Å². The lowest BCUT2D eigenvalue weighted by Gasteiger charge is -2.19. The average Bonchev–Trinajstić information content (AvgIpc) is 2.87. The van der Waals surface area contributed by atoms with Gasteiger partial charge in [-0.3, -0.25) is 18.7 Å². The minimum Gasteiger partial charge on any atom is -0.460 e. The van der Waals surface area contributed by atoms with Crippen LogP contribution in [0.2, 0.25) is 0 Å². The lowest BCUT2D eigenvalue weighted by Crippen LogP contribution is -2.36. The van der Waals surface area contributed by atoms with Gasteiger partial charge in [0, 0.05) is 26.4 Å². The number of nitrogens with one attached hydrogen (secondary N) is 1. The number of para-hydroxylation sites is 1. The van der Waals surface area contributed by atoms with E-state index in [1.165, 1.54) is 0 Å². The molecule has 33 heavy (non-hydrogen) atoms.